The Morgan fingerprint density at radius 3 is 2.13 bits per heavy atom. The minimum atomic E-state index is -1.16. The number of hydrogen-bond donors (Lipinski definition) is 0. The Kier molecular flexibility index (Phi) is 5.77. The second kappa shape index (κ2) is 8.30. The molecule has 0 aromatic heterocycles. The van der Waals surface area contributed by atoms with E-state index in [1.54, 1.807) is 18.2 Å². The molecule has 2 aliphatic rings. The van der Waals surface area contributed by atoms with E-state index in [2.05, 4.69) is 4.74 Å². The van der Waals surface area contributed by atoms with Crippen LogP contribution in [0.3, 0.4) is 0 Å². The first-order valence-electron chi connectivity index (χ1n) is 8.83. The van der Waals surface area contributed by atoms with Crippen LogP contribution in [0.25, 0.3) is 0 Å². The fraction of sp³-hybridized carbons (Fsp3) is 0.250. The van der Waals surface area contributed by atoms with Crippen molar-refractivity contribution in [3.05, 3.63) is 58.4 Å². The summed E-state index contributed by atoms with van der Waals surface area (Å²) >= 11 is 0. The molecule has 11 heteroatoms. The van der Waals surface area contributed by atoms with Crippen LogP contribution in [-0.4, -0.2) is 68.2 Å². The van der Waals surface area contributed by atoms with Gasteiger partial charge in [-0.3, -0.25) is 9.80 Å². The normalized spacial score (nSPS) is 17.2. The van der Waals surface area contributed by atoms with E-state index in [1.807, 2.05) is 0 Å². The van der Waals surface area contributed by atoms with Crippen LogP contribution < -0.4 is 0 Å². The molecule has 0 saturated heterocycles. The minimum Gasteiger partial charge on any atom is -0.466 e. The highest BCUT2D eigenvalue weighted by atomic mass is 16.5. The Balaban J connectivity index is 2.37. The molecule has 2 bridgehead atoms. The maximum absolute atomic E-state index is 13.3. The van der Waals surface area contributed by atoms with Crippen molar-refractivity contribution >= 4 is 29.8 Å². The molecule has 0 N–H and O–H groups in total. The molecule has 1 atom stereocenters. The molecule has 1 amide bonds. The summed E-state index contributed by atoms with van der Waals surface area (Å²) in [6.45, 7) is 0. The topological polar surface area (TPSA) is 129 Å². The van der Waals surface area contributed by atoms with Gasteiger partial charge in [0.05, 0.1) is 40.1 Å². The number of carbonyl (C=O) groups excluding carboxylic acids is 5. The molecule has 11 nitrogen and oxygen atoms in total. The molecule has 0 radical (unpaired) electrons. The molecule has 1 unspecified atom stereocenters. The van der Waals surface area contributed by atoms with Gasteiger partial charge in [-0.2, -0.15) is 0 Å². The highest BCUT2D eigenvalue weighted by molar-refractivity contribution is 6.11. The van der Waals surface area contributed by atoms with Gasteiger partial charge in [-0.15, -0.1) is 0 Å². The van der Waals surface area contributed by atoms with Crippen LogP contribution in [0.4, 0.5) is 0 Å². The van der Waals surface area contributed by atoms with Gasteiger partial charge in [0.25, 0.3) is 5.91 Å². The molecular formula is C20H18N2O9. The SMILES string of the molecule is COC(=O)C=C(C(=O)OC)N1C2C(C(=O)OC)=C(C(=O)OC)N1C(=O)c1ccccc12. The van der Waals surface area contributed by atoms with Crippen molar-refractivity contribution < 1.29 is 42.9 Å². The predicted molar refractivity (Wildman–Crippen MR) is 100 cm³/mol. The van der Waals surface area contributed by atoms with Crippen molar-refractivity contribution in [1.29, 1.82) is 0 Å². The van der Waals surface area contributed by atoms with E-state index in [-0.39, 0.29) is 11.1 Å². The van der Waals surface area contributed by atoms with E-state index in [0.29, 0.717) is 5.56 Å². The second-order valence-corrected chi connectivity index (χ2v) is 6.24. The third-order valence-electron chi connectivity index (χ3n) is 4.76. The lowest BCUT2D eigenvalue weighted by Crippen LogP contribution is -2.49. The van der Waals surface area contributed by atoms with Gasteiger partial charge < -0.3 is 18.9 Å². The standard InChI is InChI=1S/C20H18N2O9/c1-28-13(23)9-12(18(25)29-2)21-15-10-7-5-6-8-11(10)17(24)22(21)16(20(27)31-4)14(15)19(26)30-3/h5-9,15H,1-4H3. The van der Waals surface area contributed by atoms with Crippen molar-refractivity contribution in [1.82, 2.24) is 10.0 Å². The number of nitrogens with zero attached hydrogens (tertiary/aromatic N) is 2. The average Bonchev–Trinajstić information content (AvgIpc) is 3.10. The smallest absolute Gasteiger partial charge is 0.357 e. The van der Waals surface area contributed by atoms with Gasteiger partial charge in [0, 0.05) is 5.56 Å². The van der Waals surface area contributed by atoms with E-state index in [4.69, 9.17) is 14.2 Å². The van der Waals surface area contributed by atoms with Crippen LogP contribution in [0.1, 0.15) is 22.0 Å². The lowest BCUT2D eigenvalue weighted by Gasteiger charge is -2.40. The Hall–Kier alpha value is -4.15. The molecular weight excluding hydrogens is 412 g/mol. The van der Waals surface area contributed by atoms with Gasteiger partial charge in [-0.1, -0.05) is 18.2 Å². The van der Waals surface area contributed by atoms with E-state index in [9.17, 15) is 24.0 Å². The summed E-state index contributed by atoms with van der Waals surface area (Å²) in [7, 11) is 4.34. The Morgan fingerprint density at radius 2 is 1.55 bits per heavy atom. The molecule has 0 saturated carbocycles. The number of esters is 4. The van der Waals surface area contributed by atoms with Gasteiger partial charge in [-0.05, 0) is 11.6 Å². The second-order valence-electron chi connectivity index (χ2n) is 6.24. The Labute approximate surface area is 176 Å². The number of benzene rings is 1. The van der Waals surface area contributed by atoms with Gasteiger partial charge in [-0.25, -0.2) is 24.2 Å². The Morgan fingerprint density at radius 1 is 0.903 bits per heavy atom. The fourth-order valence-electron chi connectivity index (χ4n) is 3.47. The Bertz CT molecular complexity index is 1060. The zero-order valence-electron chi connectivity index (χ0n) is 17.0. The summed E-state index contributed by atoms with van der Waals surface area (Å²) in [6.07, 6.45) is 0.794. The highest BCUT2D eigenvalue weighted by Gasteiger charge is 2.55. The molecule has 0 spiro atoms. The monoisotopic (exact) mass is 430 g/mol. The first-order valence-corrected chi connectivity index (χ1v) is 8.83. The summed E-state index contributed by atoms with van der Waals surface area (Å²) in [5.74, 6) is -4.61. The number of carbonyl (C=O) groups is 5. The molecule has 2 aliphatic heterocycles. The zero-order chi connectivity index (χ0) is 22.9. The first-order chi connectivity index (χ1) is 14.8. The number of rotatable bonds is 5. The minimum absolute atomic E-state index is 0.186. The van der Waals surface area contributed by atoms with Gasteiger partial charge in [0.2, 0.25) is 0 Å². The highest BCUT2D eigenvalue weighted by Crippen LogP contribution is 2.48. The third-order valence-corrected chi connectivity index (χ3v) is 4.76. The van der Waals surface area contributed by atoms with Crippen LogP contribution in [-0.2, 0) is 38.1 Å². The van der Waals surface area contributed by atoms with Crippen molar-refractivity contribution in [2.24, 2.45) is 0 Å². The molecule has 0 fully saturated rings. The van der Waals surface area contributed by atoms with Crippen LogP contribution >= 0.6 is 0 Å². The van der Waals surface area contributed by atoms with Gasteiger partial charge in [0.15, 0.2) is 11.4 Å². The number of methoxy groups -OCH3 is 4. The molecule has 1 aromatic rings. The van der Waals surface area contributed by atoms with Crippen LogP contribution in [0.15, 0.2) is 47.3 Å². The molecule has 162 valence electrons. The van der Waals surface area contributed by atoms with Crippen molar-refractivity contribution in [3.63, 3.8) is 0 Å². The largest absolute Gasteiger partial charge is 0.466 e. The van der Waals surface area contributed by atoms with Gasteiger partial charge >= 0.3 is 23.9 Å². The van der Waals surface area contributed by atoms with Crippen molar-refractivity contribution in [2.45, 2.75) is 6.04 Å². The van der Waals surface area contributed by atoms with Gasteiger partial charge in [0.1, 0.15) is 6.04 Å². The predicted octanol–water partition coefficient (Wildman–Crippen LogP) is 0.244. The summed E-state index contributed by atoms with van der Waals surface area (Å²) in [5.41, 5.74) is -0.635. The van der Waals surface area contributed by atoms with Crippen molar-refractivity contribution in [3.8, 4) is 0 Å². The number of hydrazine groups is 1. The van der Waals surface area contributed by atoms with E-state index in [1.165, 1.54) is 6.07 Å². The molecule has 0 aliphatic carbocycles. The maximum atomic E-state index is 13.3. The average molecular weight is 430 g/mol. The van der Waals surface area contributed by atoms with E-state index in [0.717, 1.165) is 44.5 Å². The van der Waals surface area contributed by atoms with Crippen LogP contribution in [0, 0.1) is 0 Å². The molecule has 3 rings (SSSR count). The van der Waals surface area contributed by atoms with Crippen LogP contribution in [0.2, 0.25) is 0 Å². The first kappa shape index (κ1) is 21.6. The lowest BCUT2D eigenvalue weighted by molar-refractivity contribution is -0.144. The number of fused-ring (bicyclic) bond motifs is 4. The summed E-state index contributed by atoms with van der Waals surface area (Å²) < 4.78 is 19.0. The number of ether oxygens (including phenoxy) is 4. The van der Waals surface area contributed by atoms with E-state index >= 15 is 0 Å². The number of hydrogen-bond acceptors (Lipinski definition) is 10. The zero-order valence-corrected chi connectivity index (χ0v) is 17.0. The third kappa shape index (κ3) is 3.29. The summed E-state index contributed by atoms with van der Waals surface area (Å²) in [5, 5.41) is 1.82. The van der Waals surface area contributed by atoms with Crippen molar-refractivity contribution in [2.75, 3.05) is 28.4 Å². The quantitative estimate of drug-likeness (QED) is 0.364. The fourth-order valence-corrected chi connectivity index (χ4v) is 3.47. The number of amides is 1. The van der Waals surface area contributed by atoms with E-state index < -0.39 is 47.2 Å². The maximum Gasteiger partial charge on any atom is 0.357 e. The molecule has 1 aromatic carbocycles. The summed E-state index contributed by atoms with van der Waals surface area (Å²) in [6, 6.07) is 5.12. The lowest BCUT2D eigenvalue weighted by atomic mass is 9.93. The molecule has 2 heterocycles. The van der Waals surface area contributed by atoms with Crippen LogP contribution in [0.5, 0.6) is 0 Å². The summed E-state index contributed by atoms with van der Waals surface area (Å²) in [4.78, 5) is 63.2. The molecule has 31 heavy (non-hydrogen) atoms.